The molecule has 1 N–H and O–H groups in total. The van der Waals surface area contributed by atoms with Gasteiger partial charge in [-0.25, -0.2) is 12.8 Å². The van der Waals surface area contributed by atoms with Gasteiger partial charge in [-0.3, -0.25) is 0 Å². The second-order valence-corrected chi connectivity index (χ2v) is 6.40. The van der Waals surface area contributed by atoms with Crippen LogP contribution in [0.1, 0.15) is 12.5 Å². The Kier molecular flexibility index (Phi) is 5.59. The van der Waals surface area contributed by atoms with E-state index in [1.165, 1.54) is 6.92 Å². The normalized spacial score (nSPS) is 13.0. The first-order chi connectivity index (χ1) is 9.52. The zero-order chi connectivity index (χ0) is 16.4. The molecule has 0 atom stereocenters. The Morgan fingerprint density at radius 1 is 1.33 bits per heavy atom. The third-order valence-corrected chi connectivity index (χ3v) is 4.92. The SMILES string of the molecule is CCN(CC(F)(F)F)S(=O)(=O)c1cc(F)c(Cl)c(CO)c1. The van der Waals surface area contributed by atoms with Crippen LogP contribution in [0.2, 0.25) is 5.02 Å². The molecule has 0 aliphatic carbocycles. The number of hydrogen-bond donors (Lipinski definition) is 1. The lowest BCUT2D eigenvalue weighted by Gasteiger charge is -2.22. The number of alkyl halides is 3. The van der Waals surface area contributed by atoms with Crippen LogP contribution in [0.15, 0.2) is 17.0 Å². The van der Waals surface area contributed by atoms with E-state index in [1.54, 1.807) is 0 Å². The van der Waals surface area contributed by atoms with Gasteiger partial charge >= 0.3 is 6.18 Å². The van der Waals surface area contributed by atoms with Crippen molar-refractivity contribution < 1.29 is 31.1 Å². The molecule has 0 saturated carbocycles. The van der Waals surface area contributed by atoms with E-state index in [0.717, 1.165) is 6.07 Å². The summed E-state index contributed by atoms with van der Waals surface area (Å²) in [7, 11) is -4.55. The molecule has 1 rings (SSSR count). The van der Waals surface area contributed by atoms with E-state index in [9.17, 15) is 26.0 Å². The monoisotopic (exact) mass is 349 g/mol. The van der Waals surface area contributed by atoms with Crippen LogP contribution in [-0.2, 0) is 16.6 Å². The van der Waals surface area contributed by atoms with E-state index in [1.807, 2.05) is 0 Å². The molecule has 0 heterocycles. The van der Waals surface area contributed by atoms with E-state index in [-0.39, 0.29) is 9.87 Å². The van der Waals surface area contributed by atoms with Gasteiger partial charge in [0, 0.05) is 12.1 Å². The summed E-state index contributed by atoms with van der Waals surface area (Å²) in [5.74, 6) is -1.13. The van der Waals surface area contributed by atoms with E-state index < -0.39 is 51.6 Å². The first kappa shape index (κ1) is 18.1. The van der Waals surface area contributed by atoms with Crippen molar-refractivity contribution in [3.05, 3.63) is 28.5 Å². The Bertz CT molecular complexity index is 619. The molecule has 21 heavy (non-hydrogen) atoms. The van der Waals surface area contributed by atoms with Crippen LogP contribution in [0.4, 0.5) is 17.6 Å². The summed E-state index contributed by atoms with van der Waals surface area (Å²) in [6.45, 7) is -1.65. The molecule has 1 aromatic rings. The zero-order valence-corrected chi connectivity index (χ0v) is 12.4. The number of nitrogens with zero attached hydrogens (tertiary/aromatic N) is 1. The summed E-state index contributed by atoms with van der Waals surface area (Å²) in [6, 6.07) is 1.37. The molecule has 0 aromatic heterocycles. The maximum Gasteiger partial charge on any atom is 0.402 e. The highest BCUT2D eigenvalue weighted by atomic mass is 35.5. The average Bonchev–Trinajstić information content (AvgIpc) is 2.37. The standard InChI is InChI=1S/C11H12ClF4NO3S/c1-2-17(6-11(14,15)16)21(19,20)8-3-7(5-18)10(12)9(13)4-8/h3-4,18H,2,5-6H2,1H3. The first-order valence-corrected chi connectivity index (χ1v) is 7.50. The van der Waals surface area contributed by atoms with E-state index in [0.29, 0.717) is 6.07 Å². The maximum absolute atomic E-state index is 13.5. The molecule has 0 aliphatic rings. The smallest absolute Gasteiger partial charge is 0.392 e. The molecule has 4 nitrogen and oxygen atoms in total. The van der Waals surface area contributed by atoms with Gasteiger partial charge in [0.1, 0.15) is 12.4 Å². The van der Waals surface area contributed by atoms with Crippen molar-refractivity contribution in [3.8, 4) is 0 Å². The molecule has 0 spiro atoms. The molecule has 0 unspecified atom stereocenters. The maximum atomic E-state index is 13.5. The van der Waals surface area contributed by atoms with Gasteiger partial charge in [0.2, 0.25) is 10.0 Å². The van der Waals surface area contributed by atoms with Crippen LogP contribution in [-0.4, -0.2) is 37.1 Å². The average molecular weight is 350 g/mol. The van der Waals surface area contributed by atoms with Crippen LogP contribution in [0.3, 0.4) is 0 Å². The summed E-state index contributed by atoms with van der Waals surface area (Å²) in [5.41, 5.74) is -0.224. The third kappa shape index (κ3) is 4.29. The van der Waals surface area contributed by atoms with Gasteiger partial charge in [0.15, 0.2) is 0 Å². The molecule has 10 heteroatoms. The number of sulfonamides is 1. The predicted molar refractivity (Wildman–Crippen MR) is 67.8 cm³/mol. The van der Waals surface area contributed by atoms with Crippen molar-refractivity contribution in [1.82, 2.24) is 4.31 Å². The number of aliphatic hydroxyl groups is 1. The summed E-state index contributed by atoms with van der Waals surface area (Å²) >= 11 is 5.51. The molecule has 0 aliphatic heterocycles. The van der Waals surface area contributed by atoms with Crippen molar-refractivity contribution in [1.29, 1.82) is 0 Å². The lowest BCUT2D eigenvalue weighted by Crippen LogP contribution is -2.38. The Morgan fingerprint density at radius 3 is 2.33 bits per heavy atom. The Balaban J connectivity index is 3.32. The van der Waals surface area contributed by atoms with Crippen molar-refractivity contribution in [3.63, 3.8) is 0 Å². The lowest BCUT2D eigenvalue weighted by molar-refractivity contribution is -0.135. The Hall–Kier alpha value is -0.900. The van der Waals surface area contributed by atoms with Crippen LogP contribution in [0.25, 0.3) is 0 Å². The molecule has 0 saturated heterocycles. The molecule has 0 fully saturated rings. The van der Waals surface area contributed by atoms with Crippen LogP contribution >= 0.6 is 11.6 Å². The van der Waals surface area contributed by atoms with Crippen LogP contribution in [0, 0.1) is 5.82 Å². The summed E-state index contributed by atoms with van der Waals surface area (Å²) in [4.78, 5) is -0.695. The third-order valence-electron chi connectivity index (χ3n) is 2.59. The van der Waals surface area contributed by atoms with E-state index in [4.69, 9.17) is 16.7 Å². The number of benzene rings is 1. The Morgan fingerprint density at radius 2 is 1.90 bits per heavy atom. The van der Waals surface area contributed by atoms with Crippen molar-refractivity contribution in [2.75, 3.05) is 13.1 Å². The van der Waals surface area contributed by atoms with Crippen molar-refractivity contribution in [2.45, 2.75) is 24.6 Å². The minimum absolute atomic E-state index is 0.164. The predicted octanol–water partition coefficient (Wildman–Crippen LogP) is 2.54. The van der Waals surface area contributed by atoms with Gasteiger partial charge in [0.25, 0.3) is 0 Å². The summed E-state index contributed by atoms with van der Waals surface area (Å²) in [5, 5.41) is 8.50. The highest BCUT2D eigenvalue weighted by molar-refractivity contribution is 7.89. The molecule has 0 radical (unpaired) electrons. The molecular weight excluding hydrogens is 338 g/mol. The largest absolute Gasteiger partial charge is 0.402 e. The lowest BCUT2D eigenvalue weighted by atomic mass is 10.2. The van der Waals surface area contributed by atoms with Crippen LogP contribution < -0.4 is 0 Å². The molecular formula is C11H12ClF4NO3S. The molecule has 0 bridgehead atoms. The van der Waals surface area contributed by atoms with Gasteiger partial charge in [-0.15, -0.1) is 0 Å². The minimum atomic E-state index is -4.73. The number of rotatable bonds is 5. The van der Waals surface area contributed by atoms with E-state index in [2.05, 4.69) is 0 Å². The summed E-state index contributed by atoms with van der Waals surface area (Å²) < 4.78 is 75.1. The highest BCUT2D eigenvalue weighted by Gasteiger charge is 2.36. The molecule has 120 valence electrons. The fourth-order valence-electron chi connectivity index (χ4n) is 1.60. The fourth-order valence-corrected chi connectivity index (χ4v) is 3.27. The van der Waals surface area contributed by atoms with Crippen molar-refractivity contribution >= 4 is 21.6 Å². The van der Waals surface area contributed by atoms with Gasteiger partial charge in [-0.2, -0.15) is 17.5 Å². The van der Waals surface area contributed by atoms with Crippen LogP contribution in [0.5, 0.6) is 0 Å². The van der Waals surface area contributed by atoms with Crippen molar-refractivity contribution in [2.24, 2.45) is 0 Å². The zero-order valence-electron chi connectivity index (χ0n) is 10.8. The van der Waals surface area contributed by atoms with Gasteiger partial charge in [-0.05, 0) is 12.1 Å². The molecule has 1 aromatic carbocycles. The second-order valence-electron chi connectivity index (χ2n) is 4.08. The minimum Gasteiger partial charge on any atom is -0.392 e. The number of hydrogen-bond acceptors (Lipinski definition) is 3. The molecule has 0 amide bonds. The van der Waals surface area contributed by atoms with Gasteiger partial charge < -0.3 is 5.11 Å². The highest BCUT2D eigenvalue weighted by Crippen LogP contribution is 2.28. The number of aliphatic hydroxyl groups excluding tert-OH is 1. The summed E-state index contributed by atoms with van der Waals surface area (Å²) in [6.07, 6.45) is -4.73. The first-order valence-electron chi connectivity index (χ1n) is 5.68. The van der Waals surface area contributed by atoms with Gasteiger partial charge in [0.05, 0.1) is 16.5 Å². The van der Waals surface area contributed by atoms with Gasteiger partial charge in [-0.1, -0.05) is 18.5 Å². The van der Waals surface area contributed by atoms with E-state index >= 15 is 0 Å². The number of halogens is 5. The second kappa shape index (κ2) is 6.47. The fraction of sp³-hybridized carbons (Fsp3) is 0.455. The Labute approximate surface area is 124 Å². The quantitative estimate of drug-likeness (QED) is 0.831. The topological polar surface area (TPSA) is 57.6 Å².